The van der Waals surface area contributed by atoms with Gasteiger partial charge in [0.1, 0.15) is 16.2 Å². The summed E-state index contributed by atoms with van der Waals surface area (Å²) in [5, 5.41) is 9.31. The van der Waals surface area contributed by atoms with Gasteiger partial charge in [0.2, 0.25) is 5.43 Å². The highest BCUT2D eigenvalue weighted by Gasteiger charge is 2.23. The Hall–Kier alpha value is -3.54. The summed E-state index contributed by atoms with van der Waals surface area (Å²) in [5.41, 5.74) is 2.28. The number of amides is 1. The molecule has 1 saturated heterocycles. The Labute approximate surface area is 214 Å². The smallest absolute Gasteiger partial charge is 0.258 e. The van der Waals surface area contributed by atoms with Gasteiger partial charge in [-0.2, -0.15) is 0 Å². The lowest BCUT2D eigenvalue weighted by molar-refractivity contribution is 0.0956. The predicted octanol–water partition coefficient (Wildman–Crippen LogP) is 3.51. The van der Waals surface area contributed by atoms with Crippen LogP contribution in [-0.4, -0.2) is 59.7 Å². The average Bonchev–Trinajstić information content (AvgIpc) is 3.50. The topological polar surface area (TPSA) is 101 Å². The number of thiazole rings is 2. The summed E-state index contributed by atoms with van der Waals surface area (Å²) in [4.78, 5) is 39.0. The number of pyridine rings is 2. The van der Waals surface area contributed by atoms with Crippen LogP contribution in [0.25, 0.3) is 26.1 Å². The number of para-hydroxylation sites is 1. The number of carbonyl (C=O) groups excluding carboxylic acids is 1. The lowest BCUT2D eigenvalue weighted by atomic mass is 10.1. The summed E-state index contributed by atoms with van der Waals surface area (Å²) in [5.74, 6) is 0.412. The van der Waals surface area contributed by atoms with Crippen molar-refractivity contribution in [1.29, 1.82) is 0 Å². The van der Waals surface area contributed by atoms with E-state index < -0.39 is 0 Å². The number of morpholine rings is 1. The fourth-order valence-electron chi connectivity index (χ4n) is 4.42. The Morgan fingerprint density at radius 1 is 1.11 bits per heavy atom. The second kappa shape index (κ2) is 9.49. The number of anilines is 2. The second-order valence-electron chi connectivity index (χ2n) is 8.53. The van der Waals surface area contributed by atoms with E-state index in [2.05, 4.69) is 20.5 Å². The molecule has 1 fully saturated rings. The molecule has 184 valence electrons. The zero-order valence-corrected chi connectivity index (χ0v) is 21.2. The number of aryl methyl sites for hydroxylation is 1. The summed E-state index contributed by atoms with van der Waals surface area (Å²) < 4.78 is 8.41. The van der Waals surface area contributed by atoms with Gasteiger partial charge in [-0.15, -0.1) is 22.7 Å². The maximum atomic E-state index is 13.6. The van der Waals surface area contributed by atoms with Crippen molar-refractivity contribution < 1.29 is 9.53 Å². The largest absolute Gasteiger partial charge is 0.378 e. The van der Waals surface area contributed by atoms with Crippen molar-refractivity contribution in [1.82, 2.24) is 19.7 Å². The van der Waals surface area contributed by atoms with E-state index in [9.17, 15) is 9.59 Å². The Kier molecular flexibility index (Phi) is 6.04. The van der Waals surface area contributed by atoms with Crippen molar-refractivity contribution in [3.63, 3.8) is 0 Å². The number of ether oxygens (including phenoxy) is 1. The van der Waals surface area contributed by atoms with Crippen LogP contribution >= 0.6 is 22.7 Å². The van der Waals surface area contributed by atoms with Crippen LogP contribution < -0.4 is 21.0 Å². The molecule has 11 heteroatoms. The SMILES string of the molecule is Cc1csc(NCCNC(=O)c2c(=O)c3ccc(N4CCOCC4)nc3n3c2sc2ccccc23)n1. The molecule has 1 amide bonds. The third kappa shape index (κ3) is 4.08. The highest BCUT2D eigenvalue weighted by molar-refractivity contribution is 7.24. The minimum absolute atomic E-state index is 0.148. The molecule has 2 N–H and O–H groups in total. The molecule has 0 unspecified atom stereocenters. The van der Waals surface area contributed by atoms with E-state index in [1.807, 2.05) is 47.0 Å². The van der Waals surface area contributed by atoms with Gasteiger partial charge in [-0.05, 0) is 31.2 Å². The molecule has 0 atom stereocenters. The molecule has 0 radical (unpaired) electrons. The Balaban J connectivity index is 1.40. The lowest BCUT2D eigenvalue weighted by Crippen LogP contribution is -2.37. The van der Waals surface area contributed by atoms with E-state index in [1.54, 1.807) is 6.07 Å². The van der Waals surface area contributed by atoms with E-state index in [-0.39, 0.29) is 16.9 Å². The number of rotatable bonds is 6. The molecule has 0 aliphatic carbocycles. The molecule has 4 aromatic heterocycles. The van der Waals surface area contributed by atoms with E-state index in [0.717, 1.165) is 39.9 Å². The predicted molar refractivity (Wildman–Crippen MR) is 145 cm³/mol. The third-order valence-electron chi connectivity index (χ3n) is 6.14. The van der Waals surface area contributed by atoms with E-state index in [0.29, 0.717) is 42.2 Å². The Bertz CT molecular complexity index is 1650. The number of benzene rings is 1. The maximum Gasteiger partial charge on any atom is 0.258 e. The van der Waals surface area contributed by atoms with Crippen LogP contribution in [0.3, 0.4) is 0 Å². The maximum absolute atomic E-state index is 13.6. The normalized spacial score (nSPS) is 14.1. The Morgan fingerprint density at radius 3 is 2.75 bits per heavy atom. The van der Waals surface area contributed by atoms with Gasteiger partial charge in [-0.3, -0.25) is 14.0 Å². The van der Waals surface area contributed by atoms with Crippen LogP contribution in [0.2, 0.25) is 0 Å². The van der Waals surface area contributed by atoms with Crippen LogP contribution in [0, 0.1) is 6.92 Å². The first-order valence-corrected chi connectivity index (χ1v) is 13.4. The molecule has 5 heterocycles. The molecule has 0 saturated carbocycles. The minimum Gasteiger partial charge on any atom is -0.378 e. The number of hydrogen-bond donors (Lipinski definition) is 2. The quantitative estimate of drug-likeness (QED) is 0.331. The number of hydrogen-bond acceptors (Lipinski definition) is 9. The standard InChI is InChI=1S/C25H24N6O3S2/c1-15-14-35-25(28-15)27-9-8-26-23(33)20-21(32)16-6-7-19(30-10-12-34-13-11-30)29-22(16)31-17-4-2-3-5-18(17)36-24(20)31/h2-7,14H,8-13H2,1H3,(H,26,33)(H,27,28). The molecule has 36 heavy (non-hydrogen) atoms. The van der Waals surface area contributed by atoms with Gasteiger partial charge in [0.05, 0.1) is 34.5 Å². The number of aromatic nitrogens is 3. The average molecular weight is 521 g/mol. The van der Waals surface area contributed by atoms with Gasteiger partial charge in [0, 0.05) is 31.6 Å². The summed E-state index contributed by atoms with van der Waals surface area (Å²) in [6, 6.07) is 11.5. The molecule has 1 aromatic carbocycles. The number of nitrogens with one attached hydrogen (secondary N) is 2. The van der Waals surface area contributed by atoms with Gasteiger partial charge in [-0.1, -0.05) is 12.1 Å². The molecular weight excluding hydrogens is 496 g/mol. The van der Waals surface area contributed by atoms with Crippen molar-refractivity contribution in [3.8, 4) is 0 Å². The van der Waals surface area contributed by atoms with Crippen LogP contribution in [0.4, 0.5) is 10.9 Å². The summed E-state index contributed by atoms with van der Waals surface area (Å²) >= 11 is 2.95. The van der Waals surface area contributed by atoms with Crippen molar-refractivity contribution >= 4 is 65.6 Å². The molecule has 9 nitrogen and oxygen atoms in total. The molecule has 1 aliphatic rings. The fourth-order valence-corrected chi connectivity index (χ4v) is 6.32. The van der Waals surface area contributed by atoms with Gasteiger partial charge in [0.15, 0.2) is 10.8 Å². The monoisotopic (exact) mass is 520 g/mol. The van der Waals surface area contributed by atoms with Gasteiger partial charge >= 0.3 is 0 Å². The summed E-state index contributed by atoms with van der Waals surface area (Å²) in [6.07, 6.45) is 0. The van der Waals surface area contributed by atoms with Crippen molar-refractivity contribution in [2.24, 2.45) is 0 Å². The van der Waals surface area contributed by atoms with Crippen molar-refractivity contribution in [2.75, 3.05) is 49.6 Å². The Morgan fingerprint density at radius 2 is 1.94 bits per heavy atom. The highest BCUT2D eigenvalue weighted by atomic mass is 32.1. The highest BCUT2D eigenvalue weighted by Crippen LogP contribution is 2.31. The summed E-state index contributed by atoms with van der Waals surface area (Å²) in [6.45, 7) is 5.59. The molecule has 1 aliphatic heterocycles. The zero-order valence-electron chi connectivity index (χ0n) is 19.6. The van der Waals surface area contributed by atoms with Gasteiger partial charge < -0.3 is 20.3 Å². The first-order chi connectivity index (χ1) is 17.6. The van der Waals surface area contributed by atoms with Crippen molar-refractivity contribution in [3.05, 3.63) is 63.3 Å². The fraction of sp³-hybridized carbons (Fsp3) is 0.280. The molecule has 0 spiro atoms. The van der Waals surface area contributed by atoms with Gasteiger partial charge in [-0.25, -0.2) is 9.97 Å². The zero-order chi connectivity index (χ0) is 24.6. The van der Waals surface area contributed by atoms with Crippen LogP contribution in [0.1, 0.15) is 16.1 Å². The molecular formula is C25H24N6O3S2. The van der Waals surface area contributed by atoms with E-state index >= 15 is 0 Å². The first-order valence-electron chi connectivity index (χ1n) is 11.7. The van der Waals surface area contributed by atoms with E-state index in [4.69, 9.17) is 9.72 Å². The van der Waals surface area contributed by atoms with Crippen LogP contribution in [0.5, 0.6) is 0 Å². The summed E-state index contributed by atoms with van der Waals surface area (Å²) in [7, 11) is 0. The van der Waals surface area contributed by atoms with Gasteiger partial charge in [0.25, 0.3) is 5.91 Å². The van der Waals surface area contributed by atoms with Crippen molar-refractivity contribution in [2.45, 2.75) is 6.92 Å². The minimum atomic E-state index is -0.389. The molecule has 0 bridgehead atoms. The number of fused-ring (bicyclic) bond motifs is 5. The number of carbonyl (C=O) groups is 1. The van der Waals surface area contributed by atoms with E-state index in [1.165, 1.54) is 22.7 Å². The lowest BCUT2D eigenvalue weighted by Gasteiger charge is -2.27. The molecule has 5 aromatic rings. The van der Waals surface area contributed by atoms with Crippen LogP contribution in [-0.2, 0) is 4.74 Å². The van der Waals surface area contributed by atoms with Crippen LogP contribution in [0.15, 0.2) is 46.6 Å². The third-order valence-corrected chi connectivity index (χ3v) is 8.20. The number of nitrogens with zero attached hydrogens (tertiary/aromatic N) is 4. The first kappa shape index (κ1) is 22.9. The molecule has 6 rings (SSSR count). The second-order valence-corrected chi connectivity index (χ2v) is 10.4.